The van der Waals surface area contributed by atoms with Crippen LogP contribution < -0.4 is 4.74 Å². The minimum absolute atomic E-state index is 0.0176. The summed E-state index contributed by atoms with van der Waals surface area (Å²) in [5.41, 5.74) is 0.755. The third kappa shape index (κ3) is 3.16. The predicted octanol–water partition coefficient (Wildman–Crippen LogP) is 3.73. The van der Waals surface area contributed by atoms with Gasteiger partial charge in [-0.2, -0.15) is 0 Å². The quantitative estimate of drug-likeness (QED) is 0.613. The predicted molar refractivity (Wildman–Crippen MR) is 102 cm³/mol. The molecule has 0 unspecified atom stereocenters. The zero-order chi connectivity index (χ0) is 19.1. The zero-order valence-electron chi connectivity index (χ0n) is 14.0. The van der Waals surface area contributed by atoms with Crippen molar-refractivity contribution in [2.75, 3.05) is 6.54 Å². The number of carboxylic acids is 1. The summed E-state index contributed by atoms with van der Waals surface area (Å²) in [6.07, 6.45) is -1.78. The van der Waals surface area contributed by atoms with Gasteiger partial charge >= 0.3 is 12.1 Å². The van der Waals surface area contributed by atoms with Crippen molar-refractivity contribution < 1.29 is 24.5 Å². The fourth-order valence-electron chi connectivity index (χ4n) is 3.47. The Labute approximate surface area is 162 Å². The molecule has 27 heavy (non-hydrogen) atoms. The number of pyridine rings is 1. The molecule has 0 bridgehead atoms. The summed E-state index contributed by atoms with van der Waals surface area (Å²) in [5.74, 6) is -0.811. The van der Waals surface area contributed by atoms with Crippen LogP contribution in [0, 0.1) is 0 Å². The first-order chi connectivity index (χ1) is 12.9. The number of likely N-dealkylation sites (tertiary alicyclic amines) is 1. The Morgan fingerprint density at radius 1 is 1.11 bits per heavy atom. The van der Waals surface area contributed by atoms with Crippen LogP contribution in [-0.2, 0) is 4.79 Å². The van der Waals surface area contributed by atoms with Gasteiger partial charge in [-0.05, 0) is 23.6 Å². The average molecular weight is 431 g/mol. The molecule has 1 aromatic heterocycles. The number of amides is 1. The van der Waals surface area contributed by atoms with Crippen LogP contribution in [-0.4, -0.2) is 50.9 Å². The van der Waals surface area contributed by atoms with Gasteiger partial charge in [-0.15, -0.1) is 0 Å². The van der Waals surface area contributed by atoms with Gasteiger partial charge in [0.05, 0.1) is 12.1 Å². The summed E-state index contributed by atoms with van der Waals surface area (Å²) in [5, 5.41) is 21.3. The number of fused-ring (bicyclic) bond motifs is 3. The summed E-state index contributed by atoms with van der Waals surface area (Å²) < 4.78 is 6.87. The molecule has 3 aromatic rings. The van der Waals surface area contributed by atoms with Crippen molar-refractivity contribution in [2.24, 2.45) is 0 Å². The molecule has 138 valence electrons. The van der Waals surface area contributed by atoms with Gasteiger partial charge < -0.3 is 14.9 Å². The second-order valence-electron chi connectivity index (χ2n) is 6.39. The number of para-hydroxylation sites is 1. The molecular weight excluding hydrogens is 416 g/mol. The normalized spacial score (nSPS) is 19.5. The lowest BCUT2D eigenvalue weighted by Crippen LogP contribution is -2.39. The minimum atomic E-state index is -1.27. The highest BCUT2D eigenvalue weighted by Gasteiger charge is 2.41. The molecular formula is C19H15BrN2O5. The van der Waals surface area contributed by atoms with Crippen molar-refractivity contribution in [3.8, 4) is 5.88 Å². The summed E-state index contributed by atoms with van der Waals surface area (Å²) >= 11 is 3.45. The first-order valence-corrected chi connectivity index (χ1v) is 9.10. The van der Waals surface area contributed by atoms with Gasteiger partial charge in [0.2, 0.25) is 5.88 Å². The number of benzene rings is 2. The van der Waals surface area contributed by atoms with Crippen LogP contribution in [0.2, 0.25) is 0 Å². The molecule has 1 amide bonds. The van der Waals surface area contributed by atoms with Crippen molar-refractivity contribution in [3.63, 3.8) is 0 Å². The smallest absolute Gasteiger partial charge is 0.408 e. The Morgan fingerprint density at radius 2 is 1.89 bits per heavy atom. The van der Waals surface area contributed by atoms with E-state index in [-0.39, 0.29) is 13.0 Å². The van der Waals surface area contributed by atoms with Crippen LogP contribution >= 0.6 is 15.9 Å². The second-order valence-corrected chi connectivity index (χ2v) is 7.30. The van der Waals surface area contributed by atoms with Crippen LogP contribution in [0.15, 0.2) is 46.9 Å². The summed E-state index contributed by atoms with van der Waals surface area (Å²) in [6.45, 7) is -0.0176. The molecule has 1 fully saturated rings. The van der Waals surface area contributed by atoms with Gasteiger partial charge in [0.15, 0.2) is 0 Å². The minimum Gasteiger partial charge on any atom is -0.480 e. The Kier molecular flexibility index (Phi) is 4.35. The number of aliphatic carboxylic acids is 1. The lowest BCUT2D eigenvalue weighted by molar-refractivity contribution is -0.141. The van der Waals surface area contributed by atoms with Crippen molar-refractivity contribution in [1.82, 2.24) is 9.88 Å². The van der Waals surface area contributed by atoms with E-state index in [1.165, 1.54) is 0 Å². The number of aromatic nitrogens is 1. The third-order valence-electron chi connectivity index (χ3n) is 4.70. The highest BCUT2D eigenvalue weighted by molar-refractivity contribution is 9.10. The number of hydrogen-bond donors (Lipinski definition) is 2. The molecule has 8 heteroatoms. The highest BCUT2D eigenvalue weighted by Crippen LogP contribution is 2.34. The Bertz CT molecular complexity index is 1050. The monoisotopic (exact) mass is 430 g/mol. The molecule has 1 aliphatic heterocycles. The molecule has 0 saturated carbocycles. The van der Waals surface area contributed by atoms with E-state index in [0.29, 0.717) is 5.88 Å². The first kappa shape index (κ1) is 17.5. The van der Waals surface area contributed by atoms with Crippen molar-refractivity contribution >= 4 is 49.7 Å². The summed E-state index contributed by atoms with van der Waals surface area (Å²) in [7, 11) is 0. The molecule has 2 N–H and O–H groups in total. The third-order valence-corrected chi connectivity index (χ3v) is 5.19. The zero-order valence-corrected chi connectivity index (χ0v) is 15.6. The molecule has 1 aliphatic rings. The SMILES string of the molecule is O=C(O)[C@@H]1C[C@@H](Oc2nc3ccccc3c3ccc(Br)cc23)CN1C(=O)O. The number of ether oxygens (including phenoxy) is 1. The van der Waals surface area contributed by atoms with E-state index in [1.807, 2.05) is 42.5 Å². The number of carboxylic acid groups (broad SMARTS) is 2. The van der Waals surface area contributed by atoms with Gasteiger partial charge in [-0.1, -0.05) is 40.2 Å². The van der Waals surface area contributed by atoms with Crippen molar-refractivity contribution in [3.05, 3.63) is 46.9 Å². The second kappa shape index (κ2) is 6.70. The lowest BCUT2D eigenvalue weighted by Gasteiger charge is -2.17. The van der Waals surface area contributed by atoms with Gasteiger partial charge in [-0.25, -0.2) is 14.6 Å². The van der Waals surface area contributed by atoms with Crippen LogP contribution in [0.5, 0.6) is 5.88 Å². The van der Waals surface area contributed by atoms with Crippen LogP contribution in [0.25, 0.3) is 21.7 Å². The van der Waals surface area contributed by atoms with E-state index in [1.54, 1.807) is 0 Å². The highest BCUT2D eigenvalue weighted by atomic mass is 79.9. The molecule has 1 saturated heterocycles. The van der Waals surface area contributed by atoms with E-state index in [9.17, 15) is 19.8 Å². The number of carbonyl (C=O) groups is 2. The van der Waals surface area contributed by atoms with E-state index in [2.05, 4.69) is 20.9 Å². The molecule has 7 nitrogen and oxygen atoms in total. The maximum Gasteiger partial charge on any atom is 0.408 e. The fraction of sp³-hybridized carbons (Fsp3) is 0.211. The molecule has 0 radical (unpaired) electrons. The molecule has 2 atom stereocenters. The Morgan fingerprint density at radius 3 is 2.59 bits per heavy atom. The van der Waals surface area contributed by atoms with E-state index in [4.69, 9.17) is 4.74 Å². The van der Waals surface area contributed by atoms with E-state index < -0.39 is 24.2 Å². The first-order valence-electron chi connectivity index (χ1n) is 8.31. The maximum atomic E-state index is 11.4. The lowest BCUT2D eigenvalue weighted by atomic mass is 10.1. The van der Waals surface area contributed by atoms with Crippen LogP contribution in [0.3, 0.4) is 0 Å². The summed E-state index contributed by atoms with van der Waals surface area (Å²) in [4.78, 5) is 28.2. The number of nitrogens with zero attached hydrogens (tertiary/aromatic N) is 2. The molecule has 4 rings (SSSR count). The number of halogens is 1. The summed E-state index contributed by atoms with van der Waals surface area (Å²) in [6, 6.07) is 12.3. The van der Waals surface area contributed by atoms with E-state index in [0.717, 1.165) is 31.0 Å². The molecule has 2 heterocycles. The average Bonchev–Trinajstić information content (AvgIpc) is 3.06. The standard InChI is InChI=1S/C19H15BrN2O5/c20-10-5-6-12-13-3-1-2-4-15(13)21-17(14(12)7-10)27-11-8-16(18(23)24)22(9-11)19(25)26/h1-7,11,16H,8-9H2,(H,23,24)(H,25,26)/t11-,16+/m1/s1. The molecule has 2 aromatic carbocycles. The van der Waals surface area contributed by atoms with Gasteiger partial charge in [0.1, 0.15) is 12.1 Å². The van der Waals surface area contributed by atoms with Crippen molar-refractivity contribution in [2.45, 2.75) is 18.6 Å². The van der Waals surface area contributed by atoms with Crippen LogP contribution in [0.4, 0.5) is 4.79 Å². The van der Waals surface area contributed by atoms with E-state index >= 15 is 0 Å². The molecule has 0 aliphatic carbocycles. The Balaban J connectivity index is 1.76. The van der Waals surface area contributed by atoms with Gasteiger partial charge in [-0.3, -0.25) is 4.90 Å². The van der Waals surface area contributed by atoms with Crippen molar-refractivity contribution in [1.29, 1.82) is 0 Å². The largest absolute Gasteiger partial charge is 0.480 e. The maximum absolute atomic E-state index is 11.4. The number of hydrogen-bond acceptors (Lipinski definition) is 4. The van der Waals surface area contributed by atoms with Crippen LogP contribution in [0.1, 0.15) is 6.42 Å². The fourth-order valence-corrected chi connectivity index (χ4v) is 3.83. The number of rotatable bonds is 3. The Hall–Kier alpha value is -2.87. The molecule has 0 spiro atoms. The van der Waals surface area contributed by atoms with Gasteiger partial charge in [0.25, 0.3) is 0 Å². The van der Waals surface area contributed by atoms with Gasteiger partial charge in [0, 0.05) is 21.7 Å². The topological polar surface area (TPSA) is 100.0 Å².